The average Bonchev–Trinajstić information content (AvgIpc) is 3.35. The van der Waals surface area contributed by atoms with Gasteiger partial charge in [-0.2, -0.15) is 0 Å². The van der Waals surface area contributed by atoms with E-state index in [4.69, 9.17) is 14.2 Å². The van der Waals surface area contributed by atoms with Gasteiger partial charge in [-0.25, -0.2) is 14.6 Å². The Morgan fingerprint density at radius 2 is 1.61 bits per heavy atom. The molecule has 212 valence electrons. The number of carbonyl (C=O) groups excluding carboxylic acids is 2. The SMILES string of the molecule is CSc1cc2c(ncc(=O)n2[C@H]2CC(OC(=O)c3ccc(C)cc3)[C@@H](COC(=O)c3ccc(C)cc3)O2)c(=O)n1C. The minimum Gasteiger partial charge on any atom is -0.459 e. The zero-order valence-electron chi connectivity index (χ0n) is 23.0. The van der Waals surface area contributed by atoms with E-state index in [1.54, 1.807) is 61.6 Å². The van der Waals surface area contributed by atoms with Gasteiger partial charge in [0.25, 0.3) is 11.1 Å². The average molecular weight is 576 g/mol. The van der Waals surface area contributed by atoms with Crippen molar-refractivity contribution < 1.29 is 23.8 Å². The van der Waals surface area contributed by atoms with Crippen molar-refractivity contribution in [2.75, 3.05) is 12.9 Å². The third-order valence-corrected chi connectivity index (χ3v) is 7.84. The van der Waals surface area contributed by atoms with Gasteiger partial charge in [0, 0.05) is 13.5 Å². The van der Waals surface area contributed by atoms with Gasteiger partial charge in [0.2, 0.25) is 0 Å². The molecule has 3 atom stereocenters. The second-order valence-electron chi connectivity index (χ2n) is 9.89. The molecule has 0 aliphatic carbocycles. The number of fused-ring (bicyclic) bond motifs is 1. The van der Waals surface area contributed by atoms with Crippen LogP contribution in [0.4, 0.5) is 0 Å². The van der Waals surface area contributed by atoms with Gasteiger partial charge in [-0.05, 0) is 50.4 Å². The zero-order chi connectivity index (χ0) is 29.3. The van der Waals surface area contributed by atoms with Gasteiger partial charge in [0.05, 0.1) is 27.9 Å². The van der Waals surface area contributed by atoms with Crippen molar-refractivity contribution in [3.8, 4) is 0 Å². The van der Waals surface area contributed by atoms with Gasteiger partial charge in [-0.3, -0.25) is 14.2 Å². The molecule has 41 heavy (non-hydrogen) atoms. The summed E-state index contributed by atoms with van der Waals surface area (Å²) in [7, 11) is 1.63. The number of rotatable bonds is 7. The highest BCUT2D eigenvalue weighted by atomic mass is 32.2. The van der Waals surface area contributed by atoms with Crippen LogP contribution in [-0.2, 0) is 21.3 Å². The highest BCUT2D eigenvalue weighted by Crippen LogP contribution is 2.33. The van der Waals surface area contributed by atoms with Gasteiger partial charge in [-0.15, -0.1) is 11.8 Å². The van der Waals surface area contributed by atoms with Crippen molar-refractivity contribution in [3.05, 3.63) is 104 Å². The largest absolute Gasteiger partial charge is 0.459 e. The van der Waals surface area contributed by atoms with Gasteiger partial charge < -0.3 is 18.8 Å². The number of nitrogens with zero attached hydrogens (tertiary/aromatic N) is 3. The summed E-state index contributed by atoms with van der Waals surface area (Å²) >= 11 is 1.35. The van der Waals surface area contributed by atoms with E-state index in [-0.39, 0.29) is 24.1 Å². The summed E-state index contributed by atoms with van der Waals surface area (Å²) in [6, 6.07) is 15.6. The molecule has 0 N–H and O–H groups in total. The van der Waals surface area contributed by atoms with E-state index < -0.39 is 35.9 Å². The molecule has 0 amide bonds. The topological polar surface area (TPSA) is 119 Å². The fourth-order valence-corrected chi connectivity index (χ4v) is 5.29. The van der Waals surface area contributed by atoms with Gasteiger partial charge in [0.1, 0.15) is 25.0 Å². The Morgan fingerprint density at radius 3 is 2.22 bits per heavy atom. The number of hydrogen-bond donors (Lipinski definition) is 0. The van der Waals surface area contributed by atoms with Crippen LogP contribution in [0.1, 0.15) is 44.5 Å². The summed E-state index contributed by atoms with van der Waals surface area (Å²) in [6.45, 7) is 3.61. The predicted molar refractivity (Wildman–Crippen MR) is 153 cm³/mol. The molecule has 1 saturated heterocycles. The molecule has 4 aromatic rings. The van der Waals surface area contributed by atoms with Crippen LogP contribution in [0.2, 0.25) is 0 Å². The molecule has 5 rings (SSSR count). The molecular weight excluding hydrogens is 546 g/mol. The molecule has 3 heterocycles. The Hall–Kier alpha value is -4.22. The standard InChI is InChI=1S/C30H29N3O7S/c1-17-5-9-19(10-6-17)29(36)38-16-23-22(40-30(37)20-11-7-18(2)8-12-20)14-25(39-23)33-21-13-26(41-4)32(3)28(35)27(21)31-15-24(33)34/h5-13,15,22-23,25H,14,16H2,1-4H3/t22?,23-,25-/m1/s1. The number of thioether (sulfide) groups is 1. The summed E-state index contributed by atoms with van der Waals surface area (Å²) in [5, 5.41) is 0.632. The summed E-state index contributed by atoms with van der Waals surface area (Å²) in [6.07, 6.45) is 0.363. The highest BCUT2D eigenvalue weighted by Gasteiger charge is 2.41. The number of aryl methyl sites for hydroxylation is 2. The Bertz CT molecular complexity index is 1730. The first-order valence-corrected chi connectivity index (χ1v) is 14.2. The maximum atomic E-state index is 13.1. The molecule has 0 radical (unpaired) electrons. The molecule has 1 aliphatic heterocycles. The molecule has 0 bridgehead atoms. The first-order valence-electron chi connectivity index (χ1n) is 13.0. The summed E-state index contributed by atoms with van der Waals surface area (Å²) in [5.74, 6) is -1.13. The van der Waals surface area contributed by atoms with Crippen molar-refractivity contribution in [2.45, 2.75) is 43.7 Å². The maximum Gasteiger partial charge on any atom is 0.338 e. The number of carbonyl (C=O) groups is 2. The molecular formula is C30H29N3O7S. The summed E-state index contributed by atoms with van der Waals surface area (Å²) < 4.78 is 20.4. The van der Waals surface area contributed by atoms with E-state index in [0.29, 0.717) is 21.7 Å². The van der Waals surface area contributed by atoms with Crippen molar-refractivity contribution in [2.24, 2.45) is 7.05 Å². The lowest BCUT2D eigenvalue weighted by Gasteiger charge is -2.19. The van der Waals surface area contributed by atoms with E-state index in [0.717, 1.165) is 17.3 Å². The van der Waals surface area contributed by atoms with Gasteiger partial charge in [-0.1, -0.05) is 35.4 Å². The smallest absolute Gasteiger partial charge is 0.338 e. The predicted octanol–water partition coefficient (Wildman–Crippen LogP) is 3.80. The first kappa shape index (κ1) is 28.3. The van der Waals surface area contributed by atoms with E-state index in [1.807, 2.05) is 20.1 Å². The molecule has 0 saturated carbocycles. The number of aromatic nitrogens is 3. The van der Waals surface area contributed by atoms with E-state index >= 15 is 0 Å². The molecule has 2 aromatic carbocycles. The number of hydrogen-bond acceptors (Lipinski definition) is 9. The van der Waals surface area contributed by atoms with Crippen LogP contribution in [0.25, 0.3) is 11.0 Å². The maximum absolute atomic E-state index is 13.1. The van der Waals surface area contributed by atoms with E-state index in [1.165, 1.54) is 20.9 Å². The highest BCUT2D eigenvalue weighted by molar-refractivity contribution is 7.98. The summed E-state index contributed by atoms with van der Waals surface area (Å²) in [5.41, 5.74) is 2.29. The number of pyridine rings is 1. The number of esters is 2. The second kappa shape index (κ2) is 11.7. The molecule has 10 nitrogen and oxygen atoms in total. The van der Waals surface area contributed by atoms with E-state index in [9.17, 15) is 19.2 Å². The van der Waals surface area contributed by atoms with Crippen LogP contribution in [0.15, 0.2) is 75.4 Å². The fraction of sp³-hybridized carbons (Fsp3) is 0.300. The first-order chi connectivity index (χ1) is 19.7. The van der Waals surface area contributed by atoms with Crippen molar-refractivity contribution in [1.82, 2.24) is 14.1 Å². The third kappa shape index (κ3) is 5.82. The normalized spacial score (nSPS) is 18.4. The number of ether oxygens (including phenoxy) is 3. The molecule has 0 spiro atoms. The number of benzene rings is 2. The molecule has 1 aliphatic rings. The fourth-order valence-electron chi connectivity index (χ4n) is 4.71. The van der Waals surface area contributed by atoms with Gasteiger partial charge >= 0.3 is 11.9 Å². The van der Waals surface area contributed by atoms with Crippen LogP contribution in [0.5, 0.6) is 0 Å². The molecule has 1 unspecified atom stereocenters. The monoisotopic (exact) mass is 575 g/mol. The molecule has 1 fully saturated rings. The molecule has 11 heteroatoms. The van der Waals surface area contributed by atoms with Crippen LogP contribution in [-0.4, -0.2) is 51.1 Å². The Morgan fingerprint density at radius 1 is 1.00 bits per heavy atom. The lowest BCUT2D eigenvalue weighted by Crippen LogP contribution is -2.32. The van der Waals surface area contributed by atoms with Crippen molar-refractivity contribution in [3.63, 3.8) is 0 Å². The lowest BCUT2D eigenvalue weighted by molar-refractivity contribution is -0.0569. The zero-order valence-corrected chi connectivity index (χ0v) is 23.8. The quantitative estimate of drug-likeness (QED) is 0.239. The van der Waals surface area contributed by atoms with E-state index in [2.05, 4.69) is 4.98 Å². The Balaban J connectivity index is 1.46. The third-order valence-electron chi connectivity index (χ3n) is 7.03. The molecule has 2 aromatic heterocycles. The van der Waals surface area contributed by atoms with Crippen molar-refractivity contribution >= 4 is 34.7 Å². The lowest BCUT2D eigenvalue weighted by atomic mass is 10.1. The minimum atomic E-state index is -0.909. The van der Waals surface area contributed by atoms with Crippen molar-refractivity contribution in [1.29, 1.82) is 0 Å². The van der Waals surface area contributed by atoms with Crippen LogP contribution < -0.4 is 11.1 Å². The van der Waals surface area contributed by atoms with Crippen LogP contribution in [0, 0.1) is 13.8 Å². The minimum absolute atomic E-state index is 0.0905. The van der Waals surface area contributed by atoms with Crippen LogP contribution >= 0.6 is 11.8 Å². The van der Waals surface area contributed by atoms with Crippen LogP contribution in [0.3, 0.4) is 0 Å². The second-order valence-corrected chi connectivity index (χ2v) is 10.7. The van der Waals surface area contributed by atoms with Gasteiger partial charge in [0.15, 0.2) is 5.52 Å². The Kier molecular flexibility index (Phi) is 8.09. The Labute approximate surface area is 239 Å². The summed E-state index contributed by atoms with van der Waals surface area (Å²) in [4.78, 5) is 55.9.